The van der Waals surface area contributed by atoms with Gasteiger partial charge in [0, 0.05) is 19.4 Å². The van der Waals surface area contributed by atoms with Crippen LogP contribution in [0.2, 0.25) is 0 Å². The zero-order valence-corrected chi connectivity index (χ0v) is 6.66. The van der Waals surface area contributed by atoms with Gasteiger partial charge in [0.05, 0.1) is 6.54 Å². The molecular formula is C7H11N3O. The molecule has 60 valence electrons. The van der Waals surface area contributed by atoms with Gasteiger partial charge in [-0.25, -0.2) is 4.98 Å². The van der Waals surface area contributed by atoms with Crippen LogP contribution in [-0.2, 0) is 7.05 Å². The maximum absolute atomic E-state index is 11.2. The summed E-state index contributed by atoms with van der Waals surface area (Å²) in [5, 5.41) is 2.78. The number of hydrogen-bond acceptors (Lipinski definition) is 3. The average Bonchev–Trinajstić information content (AvgIpc) is 2.36. The van der Waals surface area contributed by atoms with Crippen molar-refractivity contribution in [2.45, 2.75) is 0 Å². The van der Waals surface area contributed by atoms with E-state index >= 15 is 0 Å². The maximum atomic E-state index is 11.2. The second-order valence-electron chi connectivity index (χ2n) is 2.32. The zero-order chi connectivity index (χ0) is 8.27. The summed E-state index contributed by atoms with van der Waals surface area (Å²) in [6.45, 7) is 0.338. The molecule has 1 aromatic rings. The fourth-order valence-corrected chi connectivity index (χ4v) is 0.874. The fraction of sp³-hybridized carbons (Fsp3) is 0.429. The number of carbonyl (C=O) groups excluding carboxylic acids is 1. The van der Waals surface area contributed by atoms with E-state index in [0.29, 0.717) is 12.4 Å². The van der Waals surface area contributed by atoms with Gasteiger partial charge in [0.2, 0.25) is 5.78 Å². The molecule has 0 aliphatic rings. The number of rotatable bonds is 3. The maximum Gasteiger partial charge on any atom is 0.211 e. The molecule has 4 heteroatoms. The molecule has 0 spiro atoms. The van der Waals surface area contributed by atoms with Crippen molar-refractivity contribution in [3.8, 4) is 0 Å². The van der Waals surface area contributed by atoms with E-state index in [2.05, 4.69) is 10.3 Å². The van der Waals surface area contributed by atoms with Crippen LogP contribution >= 0.6 is 0 Å². The molecule has 0 saturated heterocycles. The summed E-state index contributed by atoms with van der Waals surface area (Å²) >= 11 is 0. The highest BCUT2D eigenvalue weighted by molar-refractivity contribution is 5.94. The number of likely N-dealkylation sites (N-methyl/N-ethyl adjacent to an activating group) is 1. The van der Waals surface area contributed by atoms with E-state index in [1.54, 1.807) is 31.1 Å². The molecule has 11 heavy (non-hydrogen) atoms. The highest BCUT2D eigenvalue weighted by Gasteiger charge is 2.08. The minimum Gasteiger partial charge on any atom is -0.332 e. The average molecular weight is 153 g/mol. The minimum absolute atomic E-state index is 0.0139. The second kappa shape index (κ2) is 3.30. The first-order valence-electron chi connectivity index (χ1n) is 3.41. The number of nitrogens with zero attached hydrogens (tertiary/aromatic N) is 2. The Morgan fingerprint density at radius 3 is 3.00 bits per heavy atom. The summed E-state index contributed by atoms with van der Waals surface area (Å²) in [5.74, 6) is 0.513. The Labute approximate surface area is 65.2 Å². The van der Waals surface area contributed by atoms with Crippen molar-refractivity contribution < 1.29 is 4.79 Å². The standard InChI is InChI=1S/C7H11N3O/c1-8-5-6(11)7-9-3-4-10(7)2/h3-4,8H,5H2,1-2H3. The Morgan fingerprint density at radius 2 is 2.55 bits per heavy atom. The third-order valence-corrected chi connectivity index (χ3v) is 1.41. The van der Waals surface area contributed by atoms with Crippen LogP contribution < -0.4 is 5.32 Å². The van der Waals surface area contributed by atoms with Crippen LogP contribution in [0.3, 0.4) is 0 Å². The van der Waals surface area contributed by atoms with E-state index in [9.17, 15) is 4.79 Å². The van der Waals surface area contributed by atoms with E-state index in [-0.39, 0.29) is 5.78 Å². The molecule has 1 aromatic heterocycles. The molecular weight excluding hydrogens is 142 g/mol. The molecule has 0 amide bonds. The lowest BCUT2D eigenvalue weighted by atomic mass is 10.4. The monoisotopic (exact) mass is 153 g/mol. The van der Waals surface area contributed by atoms with E-state index in [4.69, 9.17) is 0 Å². The summed E-state index contributed by atoms with van der Waals surface area (Å²) in [7, 11) is 3.54. The number of nitrogens with one attached hydrogen (secondary N) is 1. The summed E-state index contributed by atoms with van der Waals surface area (Å²) in [6, 6.07) is 0. The topological polar surface area (TPSA) is 46.9 Å². The predicted octanol–water partition coefficient (Wildman–Crippen LogP) is -0.178. The van der Waals surface area contributed by atoms with Gasteiger partial charge in [0.15, 0.2) is 5.82 Å². The van der Waals surface area contributed by atoms with Crippen molar-refractivity contribution in [2.24, 2.45) is 7.05 Å². The number of imidazole rings is 1. The van der Waals surface area contributed by atoms with Crippen molar-refractivity contribution in [3.05, 3.63) is 18.2 Å². The second-order valence-corrected chi connectivity index (χ2v) is 2.32. The lowest BCUT2D eigenvalue weighted by Crippen LogP contribution is -2.21. The molecule has 0 aromatic carbocycles. The molecule has 4 nitrogen and oxygen atoms in total. The number of aryl methyl sites for hydroxylation is 1. The van der Waals surface area contributed by atoms with Crippen molar-refractivity contribution in [1.82, 2.24) is 14.9 Å². The van der Waals surface area contributed by atoms with Crippen molar-refractivity contribution >= 4 is 5.78 Å². The largest absolute Gasteiger partial charge is 0.332 e. The minimum atomic E-state index is 0.0139. The first-order valence-corrected chi connectivity index (χ1v) is 3.41. The molecule has 0 aliphatic carbocycles. The molecule has 0 radical (unpaired) electrons. The Kier molecular flexibility index (Phi) is 2.38. The highest BCUT2D eigenvalue weighted by atomic mass is 16.1. The van der Waals surface area contributed by atoms with Crippen LogP contribution in [0.15, 0.2) is 12.4 Å². The lowest BCUT2D eigenvalue weighted by molar-refractivity contribution is 0.0981. The Morgan fingerprint density at radius 1 is 1.82 bits per heavy atom. The van der Waals surface area contributed by atoms with Gasteiger partial charge in [-0.2, -0.15) is 0 Å². The quantitative estimate of drug-likeness (QED) is 0.613. The van der Waals surface area contributed by atoms with Crippen LogP contribution in [0.5, 0.6) is 0 Å². The van der Waals surface area contributed by atoms with Gasteiger partial charge in [-0.05, 0) is 7.05 Å². The van der Waals surface area contributed by atoms with E-state index < -0.39 is 0 Å². The number of hydrogen-bond donors (Lipinski definition) is 1. The molecule has 0 saturated carbocycles. The lowest BCUT2D eigenvalue weighted by Gasteiger charge is -1.98. The smallest absolute Gasteiger partial charge is 0.211 e. The zero-order valence-electron chi connectivity index (χ0n) is 6.66. The first kappa shape index (κ1) is 7.94. The van der Waals surface area contributed by atoms with Gasteiger partial charge in [0.1, 0.15) is 0 Å². The van der Waals surface area contributed by atoms with Gasteiger partial charge >= 0.3 is 0 Å². The summed E-state index contributed by atoms with van der Waals surface area (Å²) in [4.78, 5) is 15.1. The van der Waals surface area contributed by atoms with E-state index in [1.807, 2.05) is 0 Å². The molecule has 0 unspecified atom stereocenters. The third kappa shape index (κ3) is 1.65. The van der Waals surface area contributed by atoms with Gasteiger partial charge < -0.3 is 9.88 Å². The molecule has 1 heterocycles. The van der Waals surface area contributed by atoms with Crippen LogP contribution in [0.4, 0.5) is 0 Å². The molecule has 0 aliphatic heterocycles. The first-order chi connectivity index (χ1) is 5.25. The van der Waals surface area contributed by atoms with Gasteiger partial charge in [-0.15, -0.1) is 0 Å². The van der Waals surface area contributed by atoms with Crippen LogP contribution in [-0.4, -0.2) is 28.9 Å². The SMILES string of the molecule is CNCC(=O)c1nccn1C. The normalized spacial score (nSPS) is 10.0. The molecule has 1 rings (SSSR count). The van der Waals surface area contributed by atoms with Gasteiger partial charge in [-0.3, -0.25) is 4.79 Å². The van der Waals surface area contributed by atoms with Gasteiger partial charge in [-0.1, -0.05) is 0 Å². The van der Waals surface area contributed by atoms with E-state index in [1.165, 1.54) is 0 Å². The third-order valence-electron chi connectivity index (χ3n) is 1.41. The Hall–Kier alpha value is -1.16. The van der Waals surface area contributed by atoms with Crippen molar-refractivity contribution in [1.29, 1.82) is 0 Å². The Bertz CT molecular complexity index is 254. The summed E-state index contributed by atoms with van der Waals surface area (Å²) in [5.41, 5.74) is 0. The summed E-state index contributed by atoms with van der Waals surface area (Å²) < 4.78 is 1.71. The summed E-state index contributed by atoms with van der Waals surface area (Å²) in [6.07, 6.45) is 3.37. The van der Waals surface area contributed by atoms with Crippen molar-refractivity contribution in [2.75, 3.05) is 13.6 Å². The number of ketones is 1. The number of aromatic nitrogens is 2. The van der Waals surface area contributed by atoms with Crippen molar-refractivity contribution in [3.63, 3.8) is 0 Å². The number of Topliss-reactive ketones (excluding diaryl/α,β-unsaturated/α-hetero) is 1. The molecule has 1 N–H and O–H groups in total. The number of carbonyl (C=O) groups is 1. The molecule has 0 fully saturated rings. The molecule has 0 atom stereocenters. The fourth-order valence-electron chi connectivity index (χ4n) is 0.874. The molecule has 0 bridgehead atoms. The van der Waals surface area contributed by atoms with Crippen LogP contribution in [0, 0.1) is 0 Å². The highest BCUT2D eigenvalue weighted by Crippen LogP contribution is 1.93. The van der Waals surface area contributed by atoms with E-state index in [0.717, 1.165) is 0 Å². The van der Waals surface area contributed by atoms with Crippen LogP contribution in [0.25, 0.3) is 0 Å². The van der Waals surface area contributed by atoms with Crippen LogP contribution in [0.1, 0.15) is 10.6 Å². The van der Waals surface area contributed by atoms with Gasteiger partial charge in [0.25, 0.3) is 0 Å². The Balaban J connectivity index is 2.76. The predicted molar refractivity (Wildman–Crippen MR) is 41.5 cm³/mol.